The third kappa shape index (κ3) is 0.956. The summed E-state index contributed by atoms with van der Waals surface area (Å²) in [6.45, 7) is 0. The van der Waals surface area contributed by atoms with Crippen molar-refractivity contribution in [3.05, 3.63) is 0 Å². The van der Waals surface area contributed by atoms with Gasteiger partial charge in [0.25, 0.3) is 0 Å². The number of ether oxygens (including phenoxy) is 1. The van der Waals surface area contributed by atoms with E-state index in [1.54, 1.807) is 0 Å². The maximum Gasteiger partial charge on any atom is 0.325 e. The van der Waals surface area contributed by atoms with Crippen LogP contribution in [0.4, 0.5) is 4.39 Å². The molecule has 0 aromatic carbocycles. The number of hydrogen-bond donors (Lipinski definition) is 0. The summed E-state index contributed by atoms with van der Waals surface area (Å²) in [6, 6.07) is 0. The van der Waals surface area contributed by atoms with Gasteiger partial charge in [-0.05, 0) is 0 Å². The Kier molecular flexibility index (Phi) is 1.50. The molecule has 1 saturated carbocycles. The van der Waals surface area contributed by atoms with Crippen LogP contribution in [-0.4, -0.2) is 23.6 Å². The van der Waals surface area contributed by atoms with Crippen LogP contribution in [0.5, 0.6) is 0 Å². The predicted molar refractivity (Wildman–Crippen MR) is 33.2 cm³/mol. The van der Waals surface area contributed by atoms with Crippen molar-refractivity contribution in [2.75, 3.05) is 7.11 Å². The molecule has 0 aromatic rings. The molecule has 0 heterocycles. The minimum Gasteiger partial charge on any atom is -0.468 e. The molecule has 0 saturated heterocycles. The molecule has 4 heteroatoms. The van der Waals surface area contributed by atoms with Crippen molar-refractivity contribution in [3.8, 4) is 0 Å². The molecule has 9 heavy (non-hydrogen) atoms. The molecule has 0 aliphatic heterocycles. The molecule has 0 N–H and O–H groups in total. The van der Waals surface area contributed by atoms with E-state index in [9.17, 15) is 9.18 Å². The summed E-state index contributed by atoms with van der Waals surface area (Å²) in [5, 5.41) is 0. The number of carbonyl (C=O) groups is 1. The Morgan fingerprint density at radius 1 is 2.00 bits per heavy atom. The molecule has 2 atom stereocenters. The molecular formula is C5H6BrFO2. The summed E-state index contributed by atoms with van der Waals surface area (Å²) in [5.74, 6) is -0.519. The summed E-state index contributed by atoms with van der Waals surface area (Å²) < 4.78 is 15.6. The lowest BCUT2D eigenvalue weighted by molar-refractivity contribution is -0.141. The van der Waals surface area contributed by atoms with Crippen molar-refractivity contribution < 1.29 is 13.9 Å². The van der Waals surface area contributed by atoms with E-state index in [1.165, 1.54) is 7.11 Å². The summed E-state index contributed by atoms with van der Waals surface area (Å²) >= 11 is 2.93. The Labute approximate surface area is 60.5 Å². The molecule has 0 aromatic heterocycles. The second kappa shape index (κ2) is 1.94. The van der Waals surface area contributed by atoms with Crippen LogP contribution in [0.2, 0.25) is 0 Å². The summed E-state index contributed by atoms with van der Waals surface area (Å²) in [4.78, 5) is 10.6. The Morgan fingerprint density at radius 2 is 2.44 bits per heavy atom. The number of rotatable bonds is 1. The minimum absolute atomic E-state index is 0.236. The van der Waals surface area contributed by atoms with Gasteiger partial charge in [0, 0.05) is 6.42 Å². The number of esters is 1. The van der Waals surface area contributed by atoms with Crippen LogP contribution in [-0.2, 0) is 9.53 Å². The van der Waals surface area contributed by atoms with E-state index >= 15 is 0 Å². The lowest BCUT2D eigenvalue weighted by Gasteiger charge is -2.00. The topological polar surface area (TPSA) is 26.3 Å². The van der Waals surface area contributed by atoms with Crippen molar-refractivity contribution in [2.24, 2.45) is 0 Å². The van der Waals surface area contributed by atoms with E-state index in [-0.39, 0.29) is 6.42 Å². The average molecular weight is 197 g/mol. The van der Waals surface area contributed by atoms with Crippen LogP contribution < -0.4 is 0 Å². The van der Waals surface area contributed by atoms with Gasteiger partial charge < -0.3 is 4.74 Å². The van der Waals surface area contributed by atoms with Gasteiger partial charge in [-0.1, -0.05) is 15.9 Å². The highest BCUT2D eigenvalue weighted by atomic mass is 79.9. The summed E-state index contributed by atoms with van der Waals surface area (Å²) in [7, 11) is 1.25. The first-order valence-corrected chi connectivity index (χ1v) is 3.32. The highest BCUT2D eigenvalue weighted by Crippen LogP contribution is 2.48. The van der Waals surface area contributed by atoms with E-state index in [0.29, 0.717) is 0 Å². The SMILES string of the molecule is COC(=O)C1(Br)CC1F. The molecule has 2 unspecified atom stereocenters. The monoisotopic (exact) mass is 196 g/mol. The zero-order valence-corrected chi connectivity index (χ0v) is 6.44. The van der Waals surface area contributed by atoms with Crippen molar-refractivity contribution in [1.82, 2.24) is 0 Å². The third-order valence-corrected chi connectivity index (χ3v) is 2.48. The number of halogens is 2. The Hall–Kier alpha value is -0.120. The lowest BCUT2D eigenvalue weighted by Crippen LogP contribution is -2.19. The summed E-state index contributed by atoms with van der Waals surface area (Å²) in [5.41, 5.74) is 0. The van der Waals surface area contributed by atoms with Crippen molar-refractivity contribution in [1.29, 1.82) is 0 Å². The van der Waals surface area contributed by atoms with Crippen LogP contribution >= 0.6 is 15.9 Å². The van der Waals surface area contributed by atoms with Gasteiger partial charge in [-0.15, -0.1) is 0 Å². The van der Waals surface area contributed by atoms with Gasteiger partial charge in [0.15, 0.2) is 4.32 Å². The van der Waals surface area contributed by atoms with E-state index < -0.39 is 16.5 Å². The van der Waals surface area contributed by atoms with Crippen molar-refractivity contribution in [3.63, 3.8) is 0 Å². The highest BCUT2D eigenvalue weighted by Gasteiger charge is 2.60. The van der Waals surface area contributed by atoms with Gasteiger partial charge >= 0.3 is 5.97 Å². The number of alkyl halides is 2. The zero-order chi connectivity index (χ0) is 7.07. The fourth-order valence-electron chi connectivity index (χ4n) is 0.583. The molecule has 2 nitrogen and oxygen atoms in total. The largest absolute Gasteiger partial charge is 0.468 e. The van der Waals surface area contributed by atoms with Gasteiger partial charge in [-0.2, -0.15) is 0 Å². The van der Waals surface area contributed by atoms with E-state index in [0.717, 1.165) is 0 Å². The van der Waals surface area contributed by atoms with E-state index in [1.807, 2.05) is 0 Å². The quantitative estimate of drug-likeness (QED) is 0.463. The van der Waals surface area contributed by atoms with Gasteiger partial charge in [0.1, 0.15) is 6.17 Å². The van der Waals surface area contributed by atoms with Crippen LogP contribution in [0.1, 0.15) is 6.42 Å². The van der Waals surface area contributed by atoms with Crippen molar-refractivity contribution in [2.45, 2.75) is 16.9 Å². The average Bonchev–Trinajstić information content (AvgIpc) is 2.41. The first kappa shape index (κ1) is 6.99. The number of hydrogen-bond acceptors (Lipinski definition) is 2. The van der Waals surface area contributed by atoms with Gasteiger partial charge in [0.05, 0.1) is 7.11 Å². The van der Waals surface area contributed by atoms with Crippen LogP contribution in [0.3, 0.4) is 0 Å². The zero-order valence-electron chi connectivity index (χ0n) is 4.86. The standard InChI is InChI=1S/C5H6BrFO2/c1-9-4(8)5(6)2-3(5)7/h3H,2H2,1H3. The first-order valence-electron chi connectivity index (χ1n) is 2.52. The van der Waals surface area contributed by atoms with Gasteiger partial charge in [0.2, 0.25) is 0 Å². The predicted octanol–water partition coefficient (Wildman–Crippen LogP) is 1.03. The maximum atomic E-state index is 12.2. The molecular weight excluding hydrogens is 191 g/mol. The molecule has 0 radical (unpaired) electrons. The molecule has 0 amide bonds. The Balaban J connectivity index is 2.53. The van der Waals surface area contributed by atoms with E-state index in [2.05, 4.69) is 20.7 Å². The molecule has 52 valence electrons. The molecule has 1 aliphatic carbocycles. The first-order chi connectivity index (χ1) is 4.11. The molecule has 1 fully saturated rings. The summed E-state index contributed by atoms with van der Waals surface area (Å²) in [6.07, 6.45) is -0.829. The molecule has 0 spiro atoms. The minimum atomic E-state index is -1.06. The second-order valence-electron chi connectivity index (χ2n) is 2.03. The fraction of sp³-hybridized carbons (Fsp3) is 0.800. The molecule has 1 aliphatic rings. The van der Waals surface area contributed by atoms with Gasteiger partial charge in [-0.3, -0.25) is 4.79 Å². The Bertz CT molecular complexity index is 150. The molecule has 0 bridgehead atoms. The van der Waals surface area contributed by atoms with Crippen LogP contribution in [0.25, 0.3) is 0 Å². The van der Waals surface area contributed by atoms with Crippen molar-refractivity contribution >= 4 is 21.9 Å². The van der Waals surface area contributed by atoms with Crippen LogP contribution in [0, 0.1) is 0 Å². The smallest absolute Gasteiger partial charge is 0.325 e. The number of methoxy groups -OCH3 is 1. The third-order valence-electron chi connectivity index (χ3n) is 1.34. The second-order valence-corrected chi connectivity index (χ2v) is 3.44. The highest BCUT2D eigenvalue weighted by molar-refractivity contribution is 9.10. The normalized spacial score (nSPS) is 40.1. The Morgan fingerprint density at radius 3 is 2.56 bits per heavy atom. The van der Waals surface area contributed by atoms with E-state index in [4.69, 9.17) is 0 Å². The lowest BCUT2D eigenvalue weighted by atomic mass is 10.4. The number of carbonyl (C=O) groups excluding carboxylic acids is 1. The van der Waals surface area contributed by atoms with Crippen LogP contribution in [0.15, 0.2) is 0 Å². The molecule has 1 rings (SSSR count). The maximum absolute atomic E-state index is 12.2. The fourth-order valence-corrected chi connectivity index (χ4v) is 1.03. The van der Waals surface area contributed by atoms with Gasteiger partial charge in [-0.25, -0.2) is 4.39 Å².